The SMILES string of the molecule is COc1ccc(CNc2ccc(F)c(C)c2)cc1Cl. The second-order valence-electron chi connectivity index (χ2n) is 4.29. The quantitative estimate of drug-likeness (QED) is 0.895. The molecule has 0 bridgehead atoms. The first kappa shape index (κ1) is 13.7. The van der Waals surface area contributed by atoms with Crippen LogP contribution in [0.3, 0.4) is 0 Å². The summed E-state index contributed by atoms with van der Waals surface area (Å²) >= 11 is 6.05. The molecule has 2 nitrogen and oxygen atoms in total. The molecule has 0 atom stereocenters. The first-order chi connectivity index (χ1) is 9.10. The van der Waals surface area contributed by atoms with Crippen LogP contribution < -0.4 is 10.1 Å². The van der Waals surface area contributed by atoms with E-state index in [9.17, 15) is 4.39 Å². The van der Waals surface area contributed by atoms with Crippen molar-refractivity contribution in [3.05, 3.63) is 58.4 Å². The molecule has 0 amide bonds. The van der Waals surface area contributed by atoms with Crippen LogP contribution in [0.1, 0.15) is 11.1 Å². The number of aryl methyl sites for hydroxylation is 1. The van der Waals surface area contributed by atoms with Crippen molar-refractivity contribution in [2.75, 3.05) is 12.4 Å². The van der Waals surface area contributed by atoms with Crippen molar-refractivity contribution in [3.63, 3.8) is 0 Å². The molecule has 0 saturated carbocycles. The Labute approximate surface area is 117 Å². The topological polar surface area (TPSA) is 21.3 Å². The fourth-order valence-corrected chi connectivity index (χ4v) is 2.06. The molecule has 0 heterocycles. The first-order valence-electron chi connectivity index (χ1n) is 5.92. The van der Waals surface area contributed by atoms with Crippen LogP contribution in [-0.2, 0) is 6.54 Å². The lowest BCUT2D eigenvalue weighted by Crippen LogP contribution is -2.00. The summed E-state index contributed by atoms with van der Waals surface area (Å²) in [6.45, 7) is 2.36. The van der Waals surface area contributed by atoms with Crippen LogP contribution in [-0.4, -0.2) is 7.11 Å². The Morgan fingerprint density at radius 1 is 1.21 bits per heavy atom. The monoisotopic (exact) mass is 279 g/mol. The molecule has 2 rings (SSSR count). The number of anilines is 1. The highest BCUT2D eigenvalue weighted by molar-refractivity contribution is 6.32. The normalized spacial score (nSPS) is 10.3. The maximum Gasteiger partial charge on any atom is 0.137 e. The van der Waals surface area contributed by atoms with Crippen molar-refractivity contribution in [1.29, 1.82) is 0 Å². The summed E-state index contributed by atoms with van der Waals surface area (Å²) in [4.78, 5) is 0. The van der Waals surface area contributed by atoms with Crippen LogP contribution in [0.2, 0.25) is 5.02 Å². The molecule has 2 aromatic carbocycles. The van der Waals surface area contributed by atoms with Gasteiger partial charge in [-0.25, -0.2) is 4.39 Å². The molecule has 4 heteroatoms. The number of hydrogen-bond donors (Lipinski definition) is 1. The lowest BCUT2D eigenvalue weighted by atomic mass is 10.2. The van der Waals surface area contributed by atoms with E-state index in [2.05, 4.69) is 5.32 Å². The fourth-order valence-electron chi connectivity index (χ4n) is 1.78. The highest BCUT2D eigenvalue weighted by Crippen LogP contribution is 2.25. The second-order valence-corrected chi connectivity index (χ2v) is 4.69. The van der Waals surface area contributed by atoms with E-state index in [0.29, 0.717) is 22.9 Å². The molecule has 0 aromatic heterocycles. The molecule has 0 fully saturated rings. The Morgan fingerprint density at radius 3 is 2.63 bits per heavy atom. The smallest absolute Gasteiger partial charge is 0.137 e. The molecule has 2 aromatic rings. The summed E-state index contributed by atoms with van der Waals surface area (Å²) in [5.74, 6) is 0.459. The molecule has 0 unspecified atom stereocenters. The van der Waals surface area contributed by atoms with Gasteiger partial charge in [-0.05, 0) is 48.4 Å². The van der Waals surface area contributed by atoms with Gasteiger partial charge < -0.3 is 10.1 Å². The van der Waals surface area contributed by atoms with E-state index >= 15 is 0 Å². The summed E-state index contributed by atoms with van der Waals surface area (Å²) < 4.78 is 18.2. The number of nitrogens with one attached hydrogen (secondary N) is 1. The summed E-state index contributed by atoms with van der Waals surface area (Å²) in [6.07, 6.45) is 0. The van der Waals surface area contributed by atoms with Gasteiger partial charge >= 0.3 is 0 Å². The lowest BCUT2D eigenvalue weighted by Gasteiger charge is -2.09. The standard InChI is InChI=1S/C15H15ClFNO/c1-10-7-12(4-5-14(10)17)18-9-11-3-6-15(19-2)13(16)8-11/h3-8,18H,9H2,1-2H3. The van der Waals surface area contributed by atoms with Crippen molar-refractivity contribution in [2.24, 2.45) is 0 Å². The predicted octanol–water partition coefficient (Wildman–Crippen LogP) is 4.41. The van der Waals surface area contributed by atoms with Crippen LogP contribution in [0.5, 0.6) is 5.75 Å². The second kappa shape index (κ2) is 5.93. The molecule has 0 aliphatic heterocycles. The molecule has 0 aliphatic rings. The van der Waals surface area contributed by atoms with Crippen LogP contribution in [0, 0.1) is 12.7 Å². The molecule has 100 valence electrons. The Morgan fingerprint density at radius 2 is 2.00 bits per heavy atom. The third-order valence-electron chi connectivity index (χ3n) is 2.87. The average Bonchev–Trinajstić information content (AvgIpc) is 2.40. The first-order valence-corrected chi connectivity index (χ1v) is 6.30. The van der Waals surface area contributed by atoms with Crippen LogP contribution in [0.25, 0.3) is 0 Å². The van der Waals surface area contributed by atoms with Crippen molar-refractivity contribution >= 4 is 17.3 Å². The molecule has 1 N–H and O–H groups in total. The molecule has 0 aliphatic carbocycles. The minimum Gasteiger partial charge on any atom is -0.495 e. The maximum absolute atomic E-state index is 13.1. The molecule has 0 spiro atoms. The number of halogens is 2. The fraction of sp³-hybridized carbons (Fsp3) is 0.200. The van der Waals surface area contributed by atoms with E-state index in [1.165, 1.54) is 6.07 Å². The van der Waals surface area contributed by atoms with Crippen molar-refractivity contribution in [2.45, 2.75) is 13.5 Å². The summed E-state index contributed by atoms with van der Waals surface area (Å²) in [5, 5.41) is 3.81. The van der Waals surface area contributed by atoms with Gasteiger partial charge in [-0.3, -0.25) is 0 Å². The predicted molar refractivity (Wildman–Crippen MR) is 76.5 cm³/mol. The van der Waals surface area contributed by atoms with Crippen molar-refractivity contribution < 1.29 is 9.13 Å². The summed E-state index contributed by atoms with van der Waals surface area (Å²) in [5.41, 5.74) is 2.54. The lowest BCUT2D eigenvalue weighted by molar-refractivity contribution is 0.415. The number of hydrogen-bond acceptors (Lipinski definition) is 2. The Hall–Kier alpha value is -1.74. The van der Waals surface area contributed by atoms with Gasteiger partial charge in [0.1, 0.15) is 11.6 Å². The largest absolute Gasteiger partial charge is 0.495 e. The van der Waals surface area contributed by atoms with Gasteiger partial charge in [0.05, 0.1) is 12.1 Å². The molecular weight excluding hydrogens is 265 g/mol. The van der Waals surface area contributed by atoms with Crippen LogP contribution in [0.15, 0.2) is 36.4 Å². The van der Waals surface area contributed by atoms with E-state index < -0.39 is 0 Å². The average molecular weight is 280 g/mol. The minimum absolute atomic E-state index is 0.196. The third kappa shape index (κ3) is 3.38. The molecule has 0 radical (unpaired) electrons. The van der Waals surface area contributed by atoms with Crippen molar-refractivity contribution in [1.82, 2.24) is 0 Å². The molecular formula is C15H15ClFNO. The number of rotatable bonds is 4. The van der Waals surface area contributed by atoms with E-state index in [-0.39, 0.29) is 5.82 Å². The van der Waals surface area contributed by atoms with E-state index in [1.54, 1.807) is 26.2 Å². The van der Waals surface area contributed by atoms with Crippen LogP contribution >= 0.6 is 11.6 Å². The Kier molecular flexibility index (Phi) is 4.27. The number of methoxy groups -OCH3 is 1. The highest BCUT2D eigenvalue weighted by Gasteiger charge is 2.03. The van der Waals surface area contributed by atoms with Gasteiger partial charge in [-0.1, -0.05) is 17.7 Å². The van der Waals surface area contributed by atoms with Gasteiger partial charge in [0, 0.05) is 12.2 Å². The minimum atomic E-state index is -0.196. The number of ether oxygens (including phenoxy) is 1. The van der Waals surface area contributed by atoms with E-state index in [4.69, 9.17) is 16.3 Å². The molecule has 19 heavy (non-hydrogen) atoms. The Balaban J connectivity index is 2.05. The van der Waals surface area contributed by atoms with Gasteiger partial charge in [0.25, 0.3) is 0 Å². The Bertz CT molecular complexity index is 586. The van der Waals surface area contributed by atoms with Crippen LogP contribution in [0.4, 0.5) is 10.1 Å². The molecule has 0 saturated heterocycles. The number of benzene rings is 2. The highest BCUT2D eigenvalue weighted by atomic mass is 35.5. The van der Waals surface area contributed by atoms with Gasteiger partial charge in [-0.15, -0.1) is 0 Å². The summed E-state index contributed by atoms with van der Waals surface area (Å²) in [7, 11) is 1.58. The third-order valence-corrected chi connectivity index (χ3v) is 3.17. The van der Waals surface area contributed by atoms with E-state index in [0.717, 1.165) is 11.3 Å². The zero-order chi connectivity index (χ0) is 13.8. The zero-order valence-corrected chi connectivity index (χ0v) is 11.6. The summed E-state index contributed by atoms with van der Waals surface area (Å²) in [6, 6.07) is 10.6. The van der Waals surface area contributed by atoms with Gasteiger partial charge in [0.2, 0.25) is 0 Å². The zero-order valence-electron chi connectivity index (χ0n) is 10.8. The van der Waals surface area contributed by atoms with Gasteiger partial charge in [0.15, 0.2) is 0 Å². The maximum atomic E-state index is 13.1. The van der Waals surface area contributed by atoms with Gasteiger partial charge in [-0.2, -0.15) is 0 Å². The van der Waals surface area contributed by atoms with E-state index in [1.807, 2.05) is 18.2 Å². The van der Waals surface area contributed by atoms with Crippen molar-refractivity contribution in [3.8, 4) is 5.75 Å².